The van der Waals surface area contributed by atoms with Gasteiger partial charge in [0.2, 0.25) is 0 Å². The molecule has 0 atom stereocenters. The van der Waals surface area contributed by atoms with Crippen LogP contribution in [0.3, 0.4) is 0 Å². The third-order valence-electron chi connectivity index (χ3n) is 5.24. The number of rotatable bonds is 8. The van der Waals surface area contributed by atoms with Gasteiger partial charge in [-0.3, -0.25) is 4.79 Å². The van der Waals surface area contributed by atoms with Gasteiger partial charge in [0.25, 0.3) is 5.91 Å². The van der Waals surface area contributed by atoms with Crippen LogP contribution in [0.1, 0.15) is 34.7 Å². The van der Waals surface area contributed by atoms with E-state index in [-0.39, 0.29) is 5.57 Å². The van der Waals surface area contributed by atoms with Gasteiger partial charge in [-0.05, 0) is 96.2 Å². The van der Waals surface area contributed by atoms with Gasteiger partial charge in [0.1, 0.15) is 18.2 Å². The van der Waals surface area contributed by atoms with Crippen LogP contribution in [-0.2, 0) is 11.4 Å². The molecule has 6 heteroatoms. The molecule has 174 valence electrons. The second kappa shape index (κ2) is 11.5. The Morgan fingerprint density at radius 3 is 2.53 bits per heavy atom. The molecule has 3 aromatic rings. The van der Waals surface area contributed by atoms with Crippen molar-refractivity contribution in [2.75, 3.05) is 11.9 Å². The highest BCUT2D eigenvalue weighted by Crippen LogP contribution is 2.38. The molecule has 0 spiro atoms. The highest BCUT2D eigenvalue weighted by atomic mass is 79.9. The predicted octanol–water partition coefficient (Wildman–Crippen LogP) is 6.90. The van der Waals surface area contributed by atoms with Crippen LogP contribution in [0.25, 0.3) is 6.08 Å². The monoisotopic (exact) mass is 518 g/mol. The van der Waals surface area contributed by atoms with Crippen LogP contribution < -0.4 is 14.8 Å². The van der Waals surface area contributed by atoms with Gasteiger partial charge in [0.15, 0.2) is 11.5 Å². The van der Waals surface area contributed by atoms with E-state index in [0.29, 0.717) is 40.4 Å². The molecule has 0 saturated carbocycles. The van der Waals surface area contributed by atoms with E-state index in [1.54, 1.807) is 12.1 Å². The molecule has 0 aliphatic carbocycles. The van der Waals surface area contributed by atoms with E-state index >= 15 is 0 Å². The van der Waals surface area contributed by atoms with Gasteiger partial charge in [-0.15, -0.1) is 0 Å². The third kappa shape index (κ3) is 6.49. The van der Waals surface area contributed by atoms with Crippen LogP contribution in [0, 0.1) is 32.1 Å². The zero-order valence-electron chi connectivity index (χ0n) is 19.7. The van der Waals surface area contributed by atoms with E-state index in [1.807, 2.05) is 70.2 Å². The number of halogens is 1. The summed E-state index contributed by atoms with van der Waals surface area (Å²) in [4.78, 5) is 12.7. The number of nitrogens with one attached hydrogen (secondary N) is 1. The molecule has 0 saturated heterocycles. The average molecular weight is 519 g/mol. The molecule has 3 aromatic carbocycles. The van der Waals surface area contributed by atoms with E-state index in [2.05, 4.69) is 27.3 Å². The summed E-state index contributed by atoms with van der Waals surface area (Å²) >= 11 is 3.56. The molecule has 0 radical (unpaired) electrons. The predicted molar refractivity (Wildman–Crippen MR) is 139 cm³/mol. The molecule has 0 fully saturated rings. The van der Waals surface area contributed by atoms with Gasteiger partial charge < -0.3 is 14.8 Å². The number of carbonyl (C=O) groups is 1. The molecule has 0 heterocycles. The summed E-state index contributed by atoms with van der Waals surface area (Å²) in [5.41, 5.74) is 5.68. The van der Waals surface area contributed by atoms with Crippen molar-refractivity contribution in [1.82, 2.24) is 0 Å². The maximum Gasteiger partial charge on any atom is 0.266 e. The van der Waals surface area contributed by atoms with Crippen molar-refractivity contribution in [2.45, 2.75) is 34.3 Å². The largest absolute Gasteiger partial charge is 0.490 e. The van der Waals surface area contributed by atoms with Crippen LogP contribution in [0.4, 0.5) is 5.69 Å². The number of anilines is 1. The Morgan fingerprint density at radius 2 is 1.85 bits per heavy atom. The Morgan fingerprint density at radius 1 is 1.06 bits per heavy atom. The normalized spacial score (nSPS) is 11.0. The van der Waals surface area contributed by atoms with Crippen molar-refractivity contribution >= 4 is 33.6 Å². The van der Waals surface area contributed by atoms with E-state index in [0.717, 1.165) is 22.3 Å². The first-order valence-corrected chi connectivity index (χ1v) is 11.7. The Bertz CT molecular complexity index is 1280. The summed E-state index contributed by atoms with van der Waals surface area (Å²) in [6, 6.07) is 19.3. The quantitative estimate of drug-likeness (QED) is 0.260. The minimum atomic E-state index is -0.473. The van der Waals surface area contributed by atoms with Crippen molar-refractivity contribution in [1.29, 1.82) is 5.26 Å². The SMILES string of the molecule is CCOc1cc(/C=C(\C#N)C(=O)Nc2ccc(C)c(C)c2)cc(Br)c1OCc1cccc(C)c1. The molecular formula is C28H27BrN2O3. The van der Waals surface area contributed by atoms with Gasteiger partial charge >= 0.3 is 0 Å². The lowest BCUT2D eigenvalue weighted by molar-refractivity contribution is -0.112. The lowest BCUT2D eigenvalue weighted by atomic mass is 10.1. The van der Waals surface area contributed by atoms with Crippen LogP contribution in [0.2, 0.25) is 0 Å². The molecule has 3 rings (SSSR count). The van der Waals surface area contributed by atoms with Gasteiger partial charge in [0, 0.05) is 5.69 Å². The fourth-order valence-corrected chi connectivity index (χ4v) is 3.94. The minimum absolute atomic E-state index is 0.0130. The van der Waals surface area contributed by atoms with Gasteiger partial charge in [-0.2, -0.15) is 5.26 Å². The number of hydrogen-bond acceptors (Lipinski definition) is 4. The highest BCUT2D eigenvalue weighted by molar-refractivity contribution is 9.10. The maximum atomic E-state index is 12.7. The average Bonchev–Trinajstić information content (AvgIpc) is 2.79. The summed E-state index contributed by atoms with van der Waals surface area (Å²) in [5, 5.41) is 12.4. The topological polar surface area (TPSA) is 71.3 Å². The Balaban J connectivity index is 1.85. The third-order valence-corrected chi connectivity index (χ3v) is 5.83. The number of carbonyl (C=O) groups excluding carboxylic acids is 1. The number of nitriles is 1. The van der Waals surface area contributed by atoms with Crippen molar-refractivity contribution in [3.05, 3.63) is 92.5 Å². The van der Waals surface area contributed by atoms with Gasteiger partial charge in [0.05, 0.1) is 11.1 Å². The van der Waals surface area contributed by atoms with E-state index < -0.39 is 5.91 Å². The second-order valence-corrected chi connectivity index (χ2v) is 8.82. The first kappa shape index (κ1) is 25.1. The van der Waals surface area contributed by atoms with Gasteiger partial charge in [-0.25, -0.2) is 0 Å². The van der Waals surface area contributed by atoms with Crippen molar-refractivity contribution in [3.8, 4) is 17.6 Å². The zero-order chi connectivity index (χ0) is 24.7. The van der Waals surface area contributed by atoms with Gasteiger partial charge in [-0.1, -0.05) is 35.9 Å². The number of hydrogen-bond donors (Lipinski definition) is 1. The summed E-state index contributed by atoms with van der Waals surface area (Å²) in [5.74, 6) is 0.626. The van der Waals surface area contributed by atoms with Crippen LogP contribution in [0.5, 0.6) is 11.5 Å². The minimum Gasteiger partial charge on any atom is -0.490 e. The molecule has 0 unspecified atom stereocenters. The molecule has 1 N–H and O–H groups in total. The second-order valence-electron chi connectivity index (χ2n) is 7.96. The Hall–Kier alpha value is -3.56. The van der Waals surface area contributed by atoms with E-state index in [4.69, 9.17) is 9.47 Å². The fraction of sp³-hybridized carbons (Fsp3) is 0.214. The number of ether oxygens (including phenoxy) is 2. The maximum absolute atomic E-state index is 12.7. The van der Waals surface area contributed by atoms with E-state index in [1.165, 1.54) is 6.08 Å². The summed E-state index contributed by atoms with van der Waals surface area (Å²) in [6.45, 7) is 8.73. The molecule has 0 aliphatic rings. The molecule has 0 aromatic heterocycles. The van der Waals surface area contributed by atoms with Crippen LogP contribution >= 0.6 is 15.9 Å². The summed E-state index contributed by atoms with van der Waals surface area (Å²) in [7, 11) is 0. The highest BCUT2D eigenvalue weighted by Gasteiger charge is 2.15. The standard InChI is InChI=1S/C28H27BrN2O3/c1-5-33-26-15-22(14-25(29)27(26)34-17-21-8-6-7-18(2)11-21)13-23(16-30)28(32)31-24-10-9-19(3)20(4)12-24/h6-15H,5,17H2,1-4H3,(H,31,32)/b23-13+. The van der Waals surface area contributed by atoms with Crippen molar-refractivity contribution < 1.29 is 14.3 Å². The van der Waals surface area contributed by atoms with E-state index in [9.17, 15) is 10.1 Å². The lowest BCUT2D eigenvalue weighted by Gasteiger charge is -2.15. The Kier molecular flexibility index (Phi) is 8.50. The van der Waals surface area contributed by atoms with Crippen LogP contribution in [-0.4, -0.2) is 12.5 Å². The number of amides is 1. The number of benzene rings is 3. The molecule has 0 aliphatic heterocycles. The Labute approximate surface area is 209 Å². The van der Waals surface area contributed by atoms with Crippen molar-refractivity contribution in [2.24, 2.45) is 0 Å². The summed E-state index contributed by atoms with van der Waals surface area (Å²) < 4.78 is 12.5. The molecule has 1 amide bonds. The molecule has 0 bridgehead atoms. The fourth-order valence-electron chi connectivity index (χ4n) is 3.36. The molecule has 34 heavy (non-hydrogen) atoms. The first-order valence-electron chi connectivity index (χ1n) is 11.0. The number of nitrogens with zero attached hydrogens (tertiary/aromatic N) is 1. The van der Waals surface area contributed by atoms with Crippen molar-refractivity contribution in [3.63, 3.8) is 0 Å². The first-order chi connectivity index (χ1) is 16.3. The molecular weight excluding hydrogens is 492 g/mol. The number of aryl methyl sites for hydroxylation is 3. The smallest absolute Gasteiger partial charge is 0.266 e. The summed E-state index contributed by atoms with van der Waals surface area (Å²) in [6.07, 6.45) is 1.54. The zero-order valence-corrected chi connectivity index (χ0v) is 21.3. The molecule has 5 nitrogen and oxygen atoms in total. The van der Waals surface area contributed by atoms with Crippen LogP contribution in [0.15, 0.2) is 64.6 Å². The lowest BCUT2D eigenvalue weighted by Crippen LogP contribution is -2.13.